The van der Waals surface area contributed by atoms with Crippen LogP contribution < -0.4 is 0 Å². The summed E-state index contributed by atoms with van der Waals surface area (Å²) in [6.07, 6.45) is 5.59. The van der Waals surface area contributed by atoms with Gasteiger partial charge in [-0.25, -0.2) is 28.9 Å². The van der Waals surface area contributed by atoms with Gasteiger partial charge >= 0.3 is 11.9 Å². The summed E-state index contributed by atoms with van der Waals surface area (Å²) in [6.45, 7) is 5.10. The van der Waals surface area contributed by atoms with E-state index in [9.17, 15) is 29.4 Å². The van der Waals surface area contributed by atoms with Gasteiger partial charge in [-0.2, -0.15) is 10.2 Å². The summed E-state index contributed by atoms with van der Waals surface area (Å²) >= 11 is 6.12. The summed E-state index contributed by atoms with van der Waals surface area (Å²) in [5.74, 6) is 5.99. The zero-order valence-corrected chi connectivity index (χ0v) is 35.4. The maximum absolute atomic E-state index is 12.2. The van der Waals surface area contributed by atoms with Crippen LogP contribution in [0.2, 0.25) is 0 Å². The Kier molecular flexibility index (Phi) is 14.3. The molecule has 0 unspecified atom stereocenters. The van der Waals surface area contributed by atoms with Gasteiger partial charge in [0.2, 0.25) is 11.2 Å². The Morgan fingerprint density at radius 3 is 1.73 bits per heavy atom. The molecular weight excluding hydrogens is 877 g/mol. The molecule has 2 saturated heterocycles. The monoisotopic (exact) mass is 916 g/mol. The van der Waals surface area contributed by atoms with Crippen LogP contribution >= 0.6 is 38.6 Å². The molecule has 312 valence electrons. The average molecular weight is 918 g/mol. The van der Waals surface area contributed by atoms with E-state index in [1.165, 1.54) is 32.5 Å². The lowest BCUT2D eigenvalue weighted by Crippen LogP contribution is -2.37. The first kappa shape index (κ1) is 45.1. The number of ether oxygens (including phenoxy) is 2. The average Bonchev–Trinajstić information content (AvgIpc) is 4.09. The molecule has 4 aromatic heterocycles. The van der Waals surface area contributed by atoms with Crippen LogP contribution in [-0.2, 0) is 19.1 Å². The normalized spacial score (nSPS) is 18.1. The van der Waals surface area contributed by atoms with Crippen LogP contribution in [0.25, 0.3) is 32.1 Å². The van der Waals surface area contributed by atoms with E-state index in [4.69, 9.17) is 15.9 Å². The molecule has 2 aromatic carbocycles. The van der Waals surface area contributed by atoms with E-state index < -0.39 is 29.0 Å². The molecule has 8 rings (SSSR count). The third-order valence-electron chi connectivity index (χ3n) is 9.08. The van der Waals surface area contributed by atoms with E-state index in [1.54, 1.807) is 66.5 Å². The summed E-state index contributed by atoms with van der Waals surface area (Å²) in [6, 6.07) is 14.8. The molecule has 2 aliphatic heterocycles. The van der Waals surface area contributed by atoms with E-state index in [1.807, 2.05) is 30.3 Å². The molecule has 2 N–H and O–H groups in total. The second kappa shape index (κ2) is 19.0. The minimum absolute atomic E-state index is 0. The van der Waals surface area contributed by atoms with Crippen molar-refractivity contribution in [3.63, 3.8) is 0 Å². The fourth-order valence-corrected chi connectivity index (χ4v) is 7.84. The van der Waals surface area contributed by atoms with Crippen LogP contribution in [0.1, 0.15) is 60.7 Å². The standard InChI is InChI=1S/C20H18N4O4S.C13H10BrN3O2S.C7H9NO2.CH4/c1-3-28-18(25)15-16-17(21-12-29-16)24(22-15)14-6-4-5-13(11-14)7-8-20(27)9-10-23(2)19(20)26;1-2-19-13(18)10-11-12(15-7-20-11)17(16-10)9-5-3-4-8(14)6-9;1-3-7(10)4-5-8(2)6(7)9;/h4-6,11-12,27H,3,9-10H2,1-2H3;3-7H,2H2,1H3;1,10H,4-5H2,2H3;1H4/t20-;;7-;/m0.0./s1. The summed E-state index contributed by atoms with van der Waals surface area (Å²) in [4.78, 5) is 58.7. The van der Waals surface area contributed by atoms with Gasteiger partial charge in [-0.15, -0.1) is 29.1 Å². The predicted molar refractivity (Wildman–Crippen MR) is 230 cm³/mol. The first-order valence-corrected chi connectivity index (χ1v) is 20.6. The molecule has 2 aliphatic rings. The Labute approximate surface area is 361 Å². The van der Waals surface area contributed by atoms with Crippen LogP contribution in [0.4, 0.5) is 0 Å². The quantitative estimate of drug-likeness (QED) is 0.170. The molecule has 6 heterocycles. The lowest BCUT2D eigenvalue weighted by Gasteiger charge is -2.13. The molecule has 2 atom stereocenters. The fourth-order valence-electron chi connectivity index (χ4n) is 5.97. The van der Waals surface area contributed by atoms with Crippen molar-refractivity contribution in [2.75, 3.05) is 40.4 Å². The highest BCUT2D eigenvalue weighted by Gasteiger charge is 2.43. The van der Waals surface area contributed by atoms with Crippen molar-refractivity contribution in [2.45, 2.75) is 45.3 Å². The molecule has 60 heavy (non-hydrogen) atoms. The predicted octanol–water partition coefficient (Wildman–Crippen LogP) is 4.87. The van der Waals surface area contributed by atoms with Crippen LogP contribution in [0.15, 0.2) is 64.0 Å². The number of aromatic nitrogens is 6. The molecule has 2 amide bonds. The number of terminal acetylenes is 1. The topological polar surface area (TPSA) is 195 Å². The number of halogens is 1. The van der Waals surface area contributed by atoms with Gasteiger partial charge in [0.25, 0.3) is 11.8 Å². The summed E-state index contributed by atoms with van der Waals surface area (Å²) in [7, 11) is 3.26. The number of thiazole rings is 2. The van der Waals surface area contributed by atoms with Gasteiger partial charge in [-0.05, 0) is 50.2 Å². The van der Waals surface area contributed by atoms with E-state index in [-0.39, 0.29) is 32.1 Å². The van der Waals surface area contributed by atoms with E-state index >= 15 is 0 Å². The van der Waals surface area contributed by atoms with Gasteiger partial charge in [0, 0.05) is 50.1 Å². The van der Waals surface area contributed by atoms with Crippen molar-refractivity contribution in [1.82, 2.24) is 39.3 Å². The maximum atomic E-state index is 12.2. The van der Waals surface area contributed by atoms with Crippen molar-refractivity contribution in [3.05, 3.63) is 81.0 Å². The molecular formula is C41H41BrN8O8S2. The zero-order chi connectivity index (χ0) is 42.5. The number of carbonyl (C=O) groups is 4. The highest BCUT2D eigenvalue weighted by atomic mass is 79.9. The van der Waals surface area contributed by atoms with Crippen LogP contribution in [0.5, 0.6) is 0 Å². The number of likely N-dealkylation sites (tertiary alicyclic amines) is 2. The largest absolute Gasteiger partial charge is 0.461 e. The number of likely N-dealkylation sites (N-methyl/N-ethyl adjacent to an activating group) is 2. The van der Waals surface area contributed by atoms with Gasteiger partial charge in [0.05, 0.1) is 35.6 Å². The molecule has 2 fully saturated rings. The van der Waals surface area contributed by atoms with Gasteiger partial charge in [0.1, 0.15) is 9.40 Å². The van der Waals surface area contributed by atoms with Crippen molar-refractivity contribution in [1.29, 1.82) is 0 Å². The molecule has 6 aromatic rings. The number of aliphatic hydroxyl groups is 2. The second-order valence-electron chi connectivity index (χ2n) is 13.1. The summed E-state index contributed by atoms with van der Waals surface area (Å²) in [5.41, 5.74) is 4.01. The molecule has 0 bridgehead atoms. The first-order valence-electron chi connectivity index (χ1n) is 18.1. The number of benzene rings is 2. The fraction of sp³-hybridized carbons (Fsp3) is 0.317. The highest BCUT2D eigenvalue weighted by molar-refractivity contribution is 9.10. The van der Waals surface area contributed by atoms with E-state index in [0.29, 0.717) is 59.1 Å². The number of nitrogens with zero attached hydrogens (tertiary/aromatic N) is 8. The van der Waals surface area contributed by atoms with Gasteiger partial charge in [-0.1, -0.05) is 53.3 Å². The second-order valence-corrected chi connectivity index (χ2v) is 15.7. The lowest BCUT2D eigenvalue weighted by atomic mass is 10.0. The van der Waals surface area contributed by atoms with E-state index in [0.717, 1.165) is 14.9 Å². The number of fused-ring (bicyclic) bond motifs is 2. The summed E-state index contributed by atoms with van der Waals surface area (Å²) in [5, 5.41) is 28.5. The minimum Gasteiger partial charge on any atom is -0.461 e. The molecule has 16 nitrogen and oxygen atoms in total. The van der Waals surface area contributed by atoms with Gasteiger partial charge in [0.15, 0.2) is 22.7 Å². The van der Waals surface area contributed by atoms with Crippen molar-refractivity contribution in [2.24, 2.45) is 0 Å². The summed E-state index contributed by atoms with van der Waals surface area (Å²) < 4.78 is 15.7. The lowest BCUT2D eigenvalue weighted by molar-refractivity contribution is -0.138. The Morgan fingerprint density at radius 1 is 0.817 bits per heavy atom. The van der Waals surface area contributed by atoms with Gasteiger partial charge < -0.3 is 29.5 Å². The van der Waals surface area contributed by atoms with E-state index in [2.05, 4.69) is 53.9 Å². The third kappa shape index (κ3) is 9.25. The van der Waals surface area contributed by atoms with Crippen LogP contribution in [0, 0.1) is 24.2 Å². The van der Waals surface area contributed by atoms with Gasteiger partial charge in [-0.3, -0.25) is 9.59 Å². The maximum Gasteiger partial charge on any atom is 0.360 e. The van der Waals surface area contributed by atoms with Crippen LogP contribution in [0.3, 0.4) is 0 Å². The SMILES string of the molecule is C.C#C[C@]1(O)CCN(C)C1=O.CCOC(=O)c1nn(-c2cccc(Br)c2)c2ncsc12.CCOC(=O)c1nn(-c2cccc(C#C[C@]3(O)CCN(C)C3=O)c2)c2ncsc12. The smallest absolute Gasteiger partial charge is 0.360 e. The molecule has 0 radical (unpaired) electrons. The Bertz CT molecular complexity index is 2670. The number of esters is 2. The van der Waals surface area contributed by atoms with Crippen molar-refractivity contribution < 1.29 is 38.9 Å². The highest BCUT2D eigenvalue weighted by Crippen LogP contribution is 2.28. The Hall–Kier alpha value is -5.96. The Balaban J connectivity index is 0.000000190. The number of amides is 2. The number of hydrogen-bond acceptors (Lipinski definition) is 14. The zero-order valence-electron chi connectivity index (χ0n) is 32.2. The first-order chi connectivity index (χ1) is 28.2. The molecule has 0 spiro atoms. The van der Waals surface area contributed by atoms with Crippen LogP contribution in [-0.4, -0.2) is 125 Å². The number of carbonyl (C=O) groups excluding carboxylic acids is 4. The molecule has 19 heteroatoms. The Morgan fingerprint density at radius 2 is 1.30 bits per heavy atom. The van der Waals surface area contributed by atoms with Crippen molar-refractivity contribution in [3.8, 4) is 35.6 Å². The number of hydrogen-bond donors (Lipinski definition) is 2. The molecule has 0 aliphatic carbocycles. The number of rotatable bonds is 6. The van der Waals surface area contributed by atoms with Crippen molar-refractivity contribution >= 4 is 83.1 Å². The third-order valence-corrected chi connectivity index (χ3v) is 11.2. The molecule has 0 saturated carbocycles. The minimum atomic E-state index is -1.66.